The molecule has 0 radical (unpaired) electrons. The summed E-state index contributed by atoms with van der Waals surface area (Å²) in [6.07, 6.45) is 0.0896. The number of hydrogen-bond acceptors (Lipinski definition) is 4. The van der Waals surface area contributed by atoms with Crippen LogP contribution in [0.5, 0.6) is 0 Å². The molecule has 0 aliphatic heterocycles. The average molecular weight is 268 g/mol. The molecule has 7 nitrogen and oxygen atoms in total. The number of nitrogens with zero attached hydrogens (tertiary/aromatic N) is 1. The molecular weight excluding hydrogens is 248 g/mol. The molecule has 0 spiro atoms. The van der Waals surface area contributed by atoms with Crippen LogP contribution in [-0.2, 0) is 19.7 Å². The van der Waals surface area contributed by atoms with Gasteiger partial charge in [0.15, 0.2) is 0 Å². The standard InChI is InChI=1S/C9H20N2O5S/c1-4-11(5-2)17(14,15)10-8(9(12)13)6-7-16-3/h8,10H,4-7H2,1-3H3,(H,12,13). The first-order valence-electron chi connectivity index (χ1n) is 5.38. The second kappa shape index (κ2) is 7.59. The molecule has 0 aromatic heterocycles. The molecule has 0 aliphatic carbocycles. The van der Waals surface area contributed by atoms with Crippen molar-refractivity contribution in [1.29, 1.82) is 0 Å². The van der Waals surface area contributed by atoms with Crippen LogP contribution in [-0.4, -0.2) is 56.6 Å². The van der Waals surface area contributed by atoms with Gasteiger partial charge in [0.1, 0.15) is 6.04 Å². The Hall–Kier alpha value is -0.700. The highest BCUT2D eigenvalue weighted by atomic mass is 32.2. The van der Waals surface area contributed by atoms with Crippen LogP contribution in [0.25, 0.3) is 0 Å². The van der Waals surface area contributed by atoms with Crippen LogP contribution in [0.4, 0.5) is 0 Å². The number of carboxylic acids is 1. The van der Waals surface area contributed by atoms with Gasteiger partial charge in [-0.1, -0.05) is 13.8 Å². The summed E-state index contributed by atoms with van der Waals surface area (Å²) in [4.78, 5) is 10.9. The number of hydrogen-bond donors (Lipinski definition) is 2. The summed E-state index contributed by atoms with van der Waals surface area (Å²) in [5.41, 5.74) is 0. The summed E-state index contributed by atoms with van der Waals surface area (Å²) >= 11 is 0. The minimum absolute atomic E-state index is 0.0896. The lowest BCUT2D eigenvalue weighted by molar-refractivity contribution is -0.139. The Kier molecular flexibility index (Phi) is 7.28. The van der Waals surface area contributed by atoms with Gasteiger partial charge >= 0.3 is 5.97 Å². The molecule has 1 atom stereocenters. The molecule has 0 amide bonds. The molecule has 0 aromatic carbocycles. The summed E-state index contributed by atoms with van der Waals surface area (Å²) in [5, 5.41) is 8.89. The Morgan fingerprint density at radius 1 is 1.41 bits per heavy atom. The highest BCUT2D eigenvalue weighted by Gasteiger charge is 2.27. The monoisotopic (exact) mass is 268 g/mol. The normalized spacial score (nSPS) is 13.9. The number of aliphatic carboxylic acids is 1. The van der Waals surface area contributed by atoms with E-state index >= 15 is 0 Å². The lowest BCUT2D eigenvalue weighted by Crippen LogP contribution is -2.48. The fourth-order valence-electron chi connectivity index (χ4n) is 1.29. The van der Waals surface area contributed by atoms with Crippen LogP contribution in [0.15, 0.2) is 0 Å². The lowest BCUT2D eigenvalue weighted by Gasteiger charge is -2.22. The van der Waals surface area contributed by atoms with Crippen molar-refractivity contribution >= 4 is 16.2 Å². The second-order valence-corrected chi connectivity index (χ2v) is 5.08. The van der Waals surface area contributed by atoms with Crippen molar-refractivity contribution in [2.45, 2.75) is 26.3 Å². The highest BCUT2D eigenvalue weighted by Crippen LogP contribution is 2.02. The third-order valence-corrected chi connectivity index (χ3v) is 4.02. The molecule has 0 fully saturated rings. The van der Waals surface area contributed by atoms with E-state index in [1.807, 2.05) is 0 Å². The molecule has 0 aliphatic rings. The lowest BCUT2D eigenvalue weighted by atomic mass is 10.2. The molecule has 0 rings (SSSR count). The van der Waals surface area contributed by atoms with Gasteiger partial charge in [-0.25, -0.2) is 0 Å². The summed E-state index contributed by atoms with van der Waals surface area (Å²) in [5.74, 6) is -1.21. The van der Waals surface area contributed by atoms with E-state index in [0.29, 0.717) is 13.1 Å². The van der Waals surface area contributed by atoms with E-state index in [1.165, 1.54) is 7.11 Å². The summed E-state index contributed by atoms with van der Waals surface area (Å²) < 4.78 is 31.6. The van der Waals surface area contributed by atoms with Crippen molar-refractivity contribution in [2.75, 3.05) is 26.8 Å². The van der Waals surface area contributed by atoms with Crippen LogP contribution >= 0.6 is 0 Å². The van der Waals surface area contributed by atoms with Gasteiger partial charge in [-0.3, -0.25) is 4.79 Å². The van der Waals surface area contributed by atoms with Crippen molar-refractivity contribution in [1.82, 2.24) is 9.03 Å². The van der Waals surface area contributed by atoms with Gasteiger partial charge in [-0.15, -0.1) is 0 Å². The van der Waals surface area contributed by atoms with E-state index in [0.717, 1.165) is 4.31 Å². The van der Waals surface area contributed by atoms with Crippen LogP contribution in [0.1, 0.15) is 20.3 Å². The minimum atomic E-state index is -3.75. The zero-order valence-electron chi connectivity index (χ0n) is 10.3. The molecule has 0 aromatic rings. The van der Waals surface area contributed by atoms with Gasteiger partial charge in [-0.2, -0.15) is 17.4 Å². The number of carboxylic acid groups (broad SMARTS) is 1. The highest BCUT2D eigenvalue weighted by molar-refractivity contribution is 7.87. The first kappa shape index (κ1) is 16.3. The smallest absolute Gasteiger partial charge is 0.321 e. The maximum Gasteiger partial charge on any atom is 0.321 e. The van der Waals surface area contributed by atoms with Crippen molar-refractivity contribution in [3.63, 3.8) is 0 Å². The number of nitrogens with one attached hydrogen (secondary N) is 1. The van der Waals surface area contributed by atoms with Gasteiger partial charge < -0.3 is 9.84 Å². The average Bonchev–Trinajstić information content (AvgIpc) is 2.25. The summed E-state index contributed by atoms with van der Waals surface area (Å²) in [6.45, 7) is 4.14. The van der Waals surface area contributed by atoms with Gasteiger partial charge in [0, 0.05) is 26.8 Å². The number of rotatable bonds is 9. The van der Waals surface area contributed by atoms with E-state index in [1.54, 1.807) is 13.8 Å². The van der Waals surface area contributed by atoms with Gasteiger partial charge in [0.25, 0.3) is 10.2 Å². The first-order chi connectivity index (χ1) is 7.88. The predicted molar refractivity (Wildman–Crippen MR) is 62.9 cm³/mol. The summed E-state index contributed by atoms with van der Waals surface area (Å²) in [6, 6.07) is -1.17. The Morgan fingerprint density at radius 3 is 2.29 bits per heavy atom. The number of methoxy groups -OCH3 is 1. The van der Waals surface area contributed by atoms with E-state index < -0.39 is 22.2 Å². The maximum atomic E-state index is 11.8. The molecule has 0 saturated heterocycles. The molecule has 0 bridgehead atoms. The quantitative estimate of drug-likeness (QED) is 0.596. The van der Waals surface area contributed by atoms with Gasteiger partial charge in [0.2, 0.25) is 0 Å². The van der Waals surface area contributed by atoms with E-state index in [2.05, 4.69) is 4.72 Å². The van der Waals surface area contributed by atoms with Crippen molar-refractivity contribution in [3.8, 4) is 0 Å². The van der Waals surface area contributed by atoms with E-state index in [4.69, 9.17) is 9.84 Å². The molecule has 17 heavy (non-hydrogen) atoms. The van der Waals surface area contributed by atoms with E-state index in [-0.39, 0.29) is 13.0 Å². The Morgan fingerprint density at radius 2 is 1.94 bits per heavy atom. The van der Waals surface area contributed by atoms with Crippen molar-refractivity contribution < 1.29 is 23.1 Å². The Labute approximate surface area is 102 Å². The molecule has 0 heterocycles. The molecule has 2 N–H and O–H groups in total. The predicted octanol–water partition coefficient (Wildman–Crippen LogP) is -0.348. The molecule has 8 heteroatoms. The van der Waals surface area contributed by atoms with Crippen LogP contribution < -0.4 is 4.72 Å². The number of carbonyl (C=O) groups is 1. The molecule has 0 saturated carbocycles. The van der Waals surface area contributed by atoms with Crippen LogP contribution in [0, 0.1) is 0 Å². The zero-order chi connectivity index (χ0) is 13.5. The van der Waals surface area contributed by atoms with Gasteiger partial charge in [-0.05, 0) is 6.42 Å². The molecule has 1 unspecified atom stereocenters. The van der Waals surface area contributed by atoms with Crippen LogP contribution in [0.3, 0.4) is 0 Å². The fourth-order valence-corrected chi connectivity index (χ4v) is 2.69. The SMILES string of the molecule is CCN(CC)S(=O)(=O)NC(CCOC)C(=O)O. The maximum absolute atomic E-state index is 11.8. The van der Waals surface area contributed by atoms with Crippen molar-refractivity contribution in [2.24, 2.45) is 0 Å². The minimum Gasteiger partial charge on any atom is -0.480 e. The third kappa shape index (κ3) is 5.44. The van der Waals surface area contributed by atoms with Crippen LogP contribution in [0.2, 0.25) is 0 Å². The zero-order valence-corrected chi connectivity index (χ0v) is 11.2. The topological polar surface area (TPSA) is 95.9 Å². The third-order valence-electron chi connectivity index (χ3n) is 2.25. The fraction of sp³-hybridized carbons (Fsp3) is 0.889. The largest absolute Gasteiger partial charge is 0.480 e. The number of ether oxygens (including phenoxy) is 1. The van der Waals surface area contributed by atoms with Crippen molar-refractivity contribution in [3.05, 3.63) is 0 Å². The second-order valence-electron chi connectivity index (χ2n) is 3.38. The van der Waals surface area contributed by atoms with E-state index in [9.17, 15) is 13.2 Å². The Bertz CT molecular complexity index is 326. The molecular formula is C9H20N2O5S. The first-order valence-corrected chi connectivity index (χ1v) is 6.82. The Balaban J connectivity index is 4.68. The molecule has 102 valence electrons. The summed E-state index contributed by atoms with van der Waals surface area (Å²) in [7, 11) is -2.32. The van der Waals surface area contributed by atoms with Gasteiger partial charge in [0.05, 0.1) is 0 Å².